The second-order valence-corrected chi connectivity index (χ2v) is 7.14. The minimum Gasteiger partial charge on any atom is -0.490 e. The van der Waals surface area contributed by atoms with Crippen molar-refractivity contribution in [1.82, 2.24) is 0 Å². The lowest BCUT2D eigenvalue weighted by Gasteiger charge is -2.14. The van der Waals surface area contributed by atoms with Gasteiger partial charge in [0.05, 0.1) is 17.7 Å². The number of nitrogens with one attached hydrogen (secondary N) is 1. The Morgan fingerprint density at radius 3 is 2.48 bits per heavy atom. The predicted molar refractivity (Wildman–Crippen MR) is 119 cm³/mol. The Bertz CT molecular complexity index is 915. The summed E-state index contributed by atoms with van der Waals surface area (Å²) >= 11 is 3.50. The SMILES string of the molecule is CCCOc1c(Br)cc(/C=C(/C#N)C(=O)Nc2ccc(CC)cc2)cc1OCC. The largest absolute Gasteiger partial charge is 0.490 e. The van der Waals surface area contributed by atoms with Crippen LogP contribution >= 0.6 is 15.9 Å². The van der Waals surface area contributed by atoms with Crippen molar-refractivity contribution in [3.63, 3.8) is 0 Å². The van der Waals surface area contributed by atoms with Gasteiger partial charge in [-0.05, 0) is 77.2 Å². The first-order valence-corrected chi connectivity index (χ1v) is 10.4. The number of aryl methyl sites for hydroxylation is 1. The summed E-state index contributed by atoms with van der Waals surface area (Å²) in [6.45, 7) is 7.02. The van der Waals surface area contributed by atoms with Crippen LogP contribution in [0.4, 0.5) is 5.69 Å². The van der Waals surface area contributed by atoms with Crippen molar-refractivity contribution in [3.05, 3.63) is 57.6 Å². The number of carbonyl (C=O) groups excluding carboxylic acids is 1. The van der Waals surface area contributed by atoms with Crippen LogP contribution < -0.4 is 14.8 Å². The highest BCUT2D eigenvalue weighted by atomic mass is 79.9. The van der Waals surface area contributed by atoms with Gasteiger partial charge in [0, 0.05) is 5.69 Å². The van der Waals surface area contributed by atoms with E-state index in [-0.39, 0.29) is 5.57 Å². The lowest BCUT2D eigenvalue weighted by Crippen LogP contribution is -2.13. The van der Waals surface area contributed by atoms with Crippen LogP contribution in [0.3, 0.4) is 0 Å². The topological polar surface area (TPSA) is 71.3 Å². The van der Waals surface area contributed by atoms with Gasteiger partial charge in [-0.1, -0.05) is 26.0 Å². The van der Waals surface area contributed by atoms with Crippen molar-refractivity contribution in [2.24, 2.45) is 0 Å². The van der Waals surface area contributed by atoms with Crippen molar-refractivity contribution in [3.8, 4) is 17.6 Å². The molecule has 1 amide bonds. The summed E-state index contributed by atoms with van der Waals surface area (Å²) < 4.78 is 12.1. The van der Waals surface area contributed by atoms with E-state index in [1.807, 2.05) is 44.2 Å². The highest BCUT2D eigenvalue weighted by Crippen LogP contribution is 2.37. The third kappa shape index (κ3) is 6.37. The minimum atomic E-state index is -0.461. The third-order valence-corrected chi connectivity index (χ3v) is 4.67. The van der Waals surface area contributed by atoms with Crippen LogP contribution in [0, 0.1) is 11.3 Å². The first-order chi connectivity index (χ1) is 14.0. The van der Waals surface area contributed by atoms with E-state index in [1.54, 1.807) is 12.1 Å². The zero-order valence-electron chi connectivity index (χ0n) is 16.9. The Morgan fingerprint density at radius 1 is 1.17 bits per heavy atom. The Labute approximate surface area is 180 Å². The molecule has 1 N–H and O–H groups in total. The monoisotopic (exact) mass is 456 g/mol. The molecule has 29 heavy (non-hydrogen) atoms. The molecule has 0 aromatic heterocycles. The summed E-state index contributed by atoms with van der Waals surface area (Å²) in [5.74, 6) is 0.719. The highest BCUT2D eigenvalue weighted by molar-refractivity contribution is 9.10. The van der Waals surface area contributed by atoms with E-state index >= 15 is 0 Å². The van der Waals surface area contributed by atoms with Crippen molar-refractivity contribution in [1.29, 1.82) is 5.26 Å². The van der Waals surface area contributed by atoms with E-state index in [0.29, 0.717) is 40.4 Å². The molecule has 0 atom stereocenters. The number of halogens is 1. The Morgan fingerprint density at radius 2 is 1.90 bits per heavy atom. The van der Waals surface area contributed by atoms with Crippen LogP contribution in [0.2, 0.25) is 0 Å². The third-order valence-electron chi connectivity index (χ3n) is 4.08. The number of hydrogen-bond acceptors (Lipinski definition) is 4. The molecule has 0 unspecified atom stereocenters. The van der Waals surface area contributed by atoms with E-state index < -0.39 is 5.91 Å². The number of nitrogens with zero attached hydrogens (tertiary/aromatic N) is 1. The number of ether oxygens (including phenoxy) is 2. The zero-order chi connectivity index (χ0) is 21.2. The average Bonchev–Trinajstić information content (AvgIpc) is 2.72. The second kappa shape index (κ2) is 11.3. The maximum absolute atomic E-state index is 12.5. The standard InChI is InChI=1S/C23H25BrN2O3/c1-4-11-29-22-20(24)13-17(14-21(22)28-6-3)12-18(15-25)23(27)26-19-9-7-16(5-2)8-10-19/h7-10,12-14H,4-6,11H2,1-3H3,(H,26,27)/b18-12-. The molecule has 0 spiro atoms. The number of carbonyl (C=O) groups is 1. The first-order valence-electron chi connectivity index (χ1n) is 9.63. The minimum absolute atomic E-state index is 0.00106. The number of anilines is 1. The molecule has 6 heteroatoms. The van der Waals surface area contributed by atoms with Crippen LogP contribution in [0.1, 0.15) is 38.3 Å². The molecule has 0 fully saturated rings. The van der Waals surface area contributed by atoms with Crippen LogP contribution in [-0.2, 0) is 11.2 Å². The lowest BCUT2D eigenvalue weighted by atomic mass is 10.1. The van der Waals surface area contributed by atoms with E-state index in [9.17, 15) is 10.1 Å². The molecule has 0 bridgehead atoms. The molecule has 0 heterocycles. The van der Waals surface area contributed by atoms with Gasteiger partial charge in [-0.2, -0.15) is 5.26 Å². The van der Waals surface area contributed by atoms with Gasteiger partial charge in [0.2, 0.25) is 0 Å². The maximum Gasteiger partial charge on any atom is 0.266 e. The van der Waals surface area contributed by atoms with Crippen LogP contribution in [0.15, 0.2) is 46.4 Å². The van der Waals surface area contributed by atoms with Crippen LogP contribution in [0.5, 0.6) is 11.5 Å². The molecule has 0 aliphatic rings. The number of nitriles is 1. The average molecular weight is 457 g/mol. The normalized spacial score (nSPS) is 10.9. The Hall–Kier alpha value is -2.78. The van der Waals surface area contributed by atoms with Gasteiger partial charge in [-0.3, -0.25) is 4.79 Å². The summed E-state index contributed by atoms with van der Waals surface area (Å²) in [6, 6.07) is 13.1. The van der Waals surface area contributed by atoms with Crippen LogP contribution in [-0.4, -0.2) is 19.1 Å². The second-order valence-electron chi connectivity index (χ2n) is 6.29. The molecule has 0 saturated heterocycles. The Balaban J connectivity index is 2.28. The van der Waals surface area contributed by atoms with Crippen molar-refractivity contribution < 1.29 is 14.3 Å². The van der Waals surface area contributed by atoms with E-state index in [0.717, 1.165) is 12.8 Å². The van der Waals surface area contributed by atoms with Gasteiger partial charge < -0.3 is 14.8 Å². The number of hydrogen-bond donors (Lipinski definition) is 1. The summed E-state index contributed by atoms with van der Waals surface area (Å²) in [7, 11) is 0. The van der Waals surface area contributed by atoms with Crippen molar-refractivity contribution in [2.45, 2.75) is 33.6 Å². The molecule has 0 aliphatic carbocycles. The summed E-state index contributed by atoms with van der Waals surface area (Å²) in [5, 5.41) is 12.2. The smallest absolute Gasteiger partial charge is 0.266 e. The summed E-state index contributed by atoms with van der Waals surface area (Å²) in [4.78, 5) is 12.5. The molecular formula is C23H25BrN2O3. The lowest BCUT2D eigenvalue weighted by molar-refractivity contribution is -0.112. The molecule has 5 nitrogen and oxygen atoms in total. The van der Waals surface area contributed by atoms with Gasteiger partial charge in [0.15, 0.2) is 11.5 Å². The predicted octanol–water partition coefficient (Wildman–Crippen LogP) is 5.74. The zero-order valence-corrected chi connectivity index (χ0v) is 18.5. The quantitative estimate of drug-likeness (QED) is 0.385. The fourth-order valence-corrected chi connectivity index (χ4v) is 3.19. The molecule has 152 valence electrons. The number of rotatable bonds is 9. The molecule has 2 rings (SSSR count). The van der Waals surface area contributed by atoms with Crippen LogP contribution in [0.25, 0.3) is 6.08 Å². The van der Waals surface area contributed by atoms with Crippen molar-refractivity contribution in [2.75, 3.05) is 18.5 Å². The molecular weight excluding hydrogens is 432 g/mol. The highest BCUT2D eigenvalue weighted by Gasteiger charge is 2.14. The first kappa shape index (κ1) is 22.5. The summed E-state index contributed by atoms with van der Waals surface area (Å²) in [5.41, 5.74) is 2.49. The van der Waals surface area contributed by atoms with Gasteiger partial charge in [0.1, 0.15) is 11.6 Å². The van der Waals surface area contributed by atoms with Gasteiger partial charge >= 0.3 is 0 Å². The number of amides is 1. The maximum atomic E-state index is 12.5. The van der Waals surface area contributed by atoms with E-state index in [1.165, 1.54) is 11.6 Å². The molecule has 2 aromatic carbocycles. The van der Waals surface area contributed by atoms with Crippen molar-refractivity contribution >= 4 is 33.6 Å². The molecule has 0 aliphatic heterocycles. The molecule has 2 aromatic rings. The Kier molecular flexibility index (Phi) is 8.75. The number of benzene rings is 2. The van der Waals surface area contributed by atoms with E-state index in [2.05, 4.69) is 28.2 Å². The molecule has 0 radical (unpaired) electrons. The van der Waals surface area contributed by atoms with E-state index in [4.69, 9.17) is 9.47 Å². The molecule has 0 saturated carbocycles. The van der Waals surface area contributed by atoms with Gasteiger partial charge in [0.25, 0.3) is 5.91 Å². The van der Waals surface area contributed by atoms with Gasteiger partial charge in [-0.15, -0.1) is 0 Å². The van der Waals surface area contributed by atoms with Gasteiger partial charge in [-0.25, -0.2) is 0 Å². The summed E-state index contributed by atoms with van der Waals surface area (Å²) in [6.07, 6.45) is 3.33. The fraction of sp³-hybridized carbons (Fsp3) is 0.304. The fourth-order valence-electron chi connectivity index (χ4n) is 2.62.